The Hall–Kier alpha value is -3.84. The van der Waals surface area contributed by atoms with Crippen molar-refractivity contribution >= 4 is 28.9 Å². The quantitative estimate of drug-likeness (QED) is 0.490. The molecular weight excluding hydrogens is 430 g/mol. The maximum absolute atomic E-state index is 12.9. The third-order valence-electron chi connectivity index (χ3n) is 5.62. The predicted octanol–water partition coefficient (Wildman–Crippen LogP) is 4.57. The van der Waals surface area contributed by atoms with Gasteiger partial charge >= 0.3 is 0 Å². The van der Waals surface area contributed by atoms with Crippen LogP contribution >= 0.6 is 0 Å². The third kappa shape index (κ3) is 6.14. The molecule has 0 radical (unpaired) electrons. The molecule has 0 saturated carbocycles. The van der Waals surface area contributed by atoms with Crippen molar-refractivity contribution in [3.8, 4) is 5.75 Å². The first-order chi connectivity index (χ1) is 16.6. The number of nitrogens with one attached hydrogen (secondary N) is 2. The average Bonchev–Trinajstić information content (AvgIpc) is 3.40. The predicted molar refractivity (Wildman–Crippen MR) is 134 cm³/mol. The van der Waals surface area contributed by atoms with Crippen LogP contribution in [0.2, 0.25) is 0 Å². The fourth-order valence-electron chi connectivity index (χ4n) is 3.77. The molecule has 2 N–H and O–H groups in total. The highest BCUT2D eigenvalue weighted by atomic mass is 16.5. The first-order valence-electron chi connectivity index (χ1n) is 11.4. The third-order valence-corrected chi connectivity index (χ3v) is 5.62. The smallest absolute Gasteiger partial charge is 0.258 e. The zero-order chi connectivity index (χ0) is 23.8. The van der Waals surface area contributed by atoms with Crippen molar-refractivity contribution in [2.24, 2.45) is 0 Å². The van der Waals surface area contributed by atoms with Crippen molar-refractivity contribution in [1.29, 1.82) is 0 Å². The Labute approximate surface area is 199 Å². The normalized spacial score (nSPS) is 14.9. The number of hydrogen-bond acceptors (Lipinski definition) is 5. The molecule has 1 atom stereocenters. The molecular formula is C27H29N3O4. The van der Waals surface area contributed by atoms with E-state index in [1.54, 1.807) is 36.2 Å². The Morgan fingerprint density at radius 1 is 1.03 bits per heavy atom. The zero-order valence-corrected chi connectivity index (χ0v) is 19.2. The Morgan fingerprint density at radius 2 is 1.82 bits per heavy atom. The summed E-state index contributed by atoms with van der Waals surface area (Å²) in [6.07, 6.45) is 2.18. The van der Waals surface area contributed by atoms with E-state index in [1.165, 1.54) is 0 Å². The van der Waals surface area contributed by atoms with Crippen LogP contribution < -0.4 is 20.3 Å². The van der Waals surface area contributed by atoms with E-state index >= 15 is 0 Å². The molecule has 1 saturated heterocycles. The summed E-state index contributed by atoms with van der Waals surface area (Å²) < 4.78 is 11.5. The van der Waals surface area contributed by atoms with Gasteiger partial charge in [-0.15, -0.1) is 0 Å². The van der Waals surface area contributed by atoms with Crippen LogP contribution in [0.3, 0.4) is 0 Å². The molecule has 3 aromatic rings. The summed E-state index contributed by atoms with van der Waals surface area (Å²) in [5, 5.41) is 5.98. The minimum atomic E-state index is -0.227. The van der Waals surface area contributed by atoms with Crippen molar-refractivity contribution in [3.05, 3.63) is 84.4 Å². The van der Waals surface area contributed by atoms with Gasteiger partial charge in [0.15, 0.2) is 0 Å². The van der Waals surface area contributed by atoms with Gasteiger partial charge in [-0.3, -0.25) is 9.59 Å². The van der Waals surface area contributed by atoms with Crippen LogP contribution in [0.15, 0.2) is 78.9 Å². The number of anilines is 3. The number of carbonyl (C=O) groups excluding carboxylic acids is 2. The van der Waals surface area contributed by atoms with Crippen LogP contribution in [0.1, 0.15) is 23.2 Å². The van der Waals surface area contributed by atoms with E-state index in [2.05, 4.69) is 10.6 Å². The van der Waals surface area contributed by atoms with Crippen molar-refractivity contribution in [2.45, 2.75) is 18.9 Å². The van der Waals surface area contributed by atoms with E-state index in [0.717, 1.165) is 30.8 Å². The monoisotopic (exact) mass is 459 g/mol. The number of amides is 2. The Kier molecular flexibility index (Phi) is 7.78. The average molecular weight is 460 g/mol. The Morgan fingerprint density at radius 3 is 2.62 bits per heavy atom. The van der Waals surface area contributed by atoms with Crippen molar-refractivity contribution in [2.75, 3.05) is 42.3 Å². The molecule has 0 aliphatic carbocycles. The first kappa shape index (κ1) is 23.3. The number of rotatable bonds is 9. The molecule has 4 rings (SSSR count). The topological polar surface area (TPSA) is 79.9 Å². The molecule has 1 aliphatic rings. The number of para-hydroxylation sites is 3. The summed E-state index contributed by atoms with van der Waals surface area (Å²) >= 11 is 0. The molecule has 176 valence electrons. The second kappa shape index (κ2) is 11.3. The number of benzene rings is 3. The SMILES string of the molecule is CN(C(=O)c1cccc(NC(=O)CNc2ccccc2OCC2CCCO2)c1)c1ccccc1. The molecule has 0 aromatic heterocycles. The van der Waals surface area contributed by atoms with Gasteiger partial charge in [0, 0.05) is 30.6 Å². The maximum atomic E-state index is 12.9. The van der Waals surface area contributed by atoms with Gasteiger partial charge in [0.1, 0.15) is 12.4 Å². The highest BCUT2D eigenvalue weighted by Gasteiger charge is 2.17. The number of ether oxygens (including phenoxy) is 2. The van der Waals surface area contributed by atoms with E-state index in [0.29, 0.717) is 23.6 Å². The second-order valence-electron chi connectivity index (χ2n) is 8.12. The highest BCUT2D eigenvalue weighted by Crippen LogP contribution is 2.25. The number of hydrogen-bond donors (Lipinski definition) is 2. The van der Waals surface area contributed by atoms with Gasteiger partial charge < -0.3 is 25.0 Å². The molecule has 0 spiro atoms. The van der Waals surface area contributed by atoms with E-state index < -0.39 is 0 Å². The van der Waals surface area contributed by atoms with Crippen LogP contribution in [0.25, 0.3) is 0 Å². The van der Waals surface area contributed by atoms with Crippen molar-refractivity contribution in [1.82, 2.24) is 0 Å². The van der Waals surface area contributed by atoms with Gasteiger partial charge in [0.2, 0.25) is 5.91 Å². The molecule has 0 bridgehead atoms. The molecule has 1 unspecified atom stereocenters. The van der Waals surface area contributed by atoms with Gasteiger partial charge in [-0.1, -0.05) is 36.4 Å². The van der Waals surface area contributed by atoms with E-state index in [4.69, 9.17) is 9.47 Å². The standard InChI is InChI=1S/C27H29N3O4/c1-30(22-11-3-2-4-12-22)27(32)20-9-7-10-21(17-20)29-26(31)18-28-24-14-5-6-15-25(24)34-19-23-13-8-16-33-23/h2-7,9-12,14-15,17,23,28H,8,13,16,18-19H2,1H3,(H,29,31). The molecule has 2 amide bonds. The van der Waals surface area contributed by atoms with Crippen molar-refractivity contribution in [3.63, 3.8) is 0 Å². The van der Waals surface area contributed by atoms with Gasteiger partial charge in [-0.05, 0) is 55.3 Å². The second-order valence-corrected chi connectivity index (χ2v) is 8.12. The molecule has 1 fully saturated rings. The van der Waals surface area contributed by atoms with Crippen molar-refractivity contribution < 1.29 is 19.1 Å². The van der Waals surface area contributed by atoms with Gasteiger partial charge in [0.25, 0.3) is 5.91 Å². The lowest BCUT2D eigenvalue weighted by Crippen LogP contribution is -2.26. The Balaban J connectivity index is 1.33. The molecule has 3 aromatic carbocycles. The minimum absolute atomic E-state index is 0.0579. The maximum Gasteiger partial charge on any atom is 0.258 e. The van der Waals surface area contributed by atoms with Crippen LogP contribution in [-0.4, -0.2) is 44.7 Å². The fourth-order valence-corrected chi connectivity index (χ4v) is 3.77. The van der Waals surface area contributed by atoms with E-state index in [1.807, 2.05) is 54.6 Å². The van der Waals surface area contributed by atoms with Crippen LogP contribution in [0.5, 0.6) is 5.75 Å². The molecule has 7 nitrogen and oxygen atoms in total. The van der Waals surface area contributed by atoms with Gasteiger partial charge in [0.05, 0.1) is 18.3 Å². The van der Waals surface area contributed by atoms with Crippen LogP contribution in [0, 0.1) is 0 Å². The minimum Gasteiger partial charge on any atom is -0.489 e. The summed E-state index contributed by atoms with van der Waals surface area (Å²) in [5.41, 5.74) is 2.59. The molecule has 1 aliphatic heterocycles. The zero-order valence-electron chi connectivity index (χ0n) is 19.2. The summed E-state index contributed by atoms with van der Waals surface area (Å²) in [5.74, 6) is 0.301. The molecule has 7 heteroatoms. The van der Waals surface area contributed by atoms with Crippen LogP contribution in [-0.2, 0) is 9.53 Å². The van der Waals surface area contributed by atoms with Gasteiger partial charge in [-0.25, -0.2) is 0 Å². The Bertz CT molecular complexity index is 1110. The summed E-state index contributed by atoms with van der Waals surface area (Å²) in [7, 11) is 1.73. The van der Waals surface area contributed by atoms with E-state index in [9.17, 15) is 9.59 Å². The lowest BCUT2D eigenvalue weighted by Gasteiger charge is -2.18. The van der Waals surface area contributed by atoms with Gasteiger partial charge in [-0.2, -0.15) is 0 Å². The lowest BCUT2D eigenvalue weighted by atomic mass is 10.1. The molecule has 1 heterocycles. The summed E-state index contributed by atoms with van der Waals surface area (Å²) in [6, 6.07) is 23.9. The summed E-state index contributed by atoms with van der Waals surface area (Å²) in [6.45, 7) is 1.33. The lowest BCUT2D eigenvalue weighted by molar-refractivity contribution is -0.114. The molecule has 34 heavy (non-hydrogen) atoms. The highest BCUT2D eigenvalue weighted by molar-refractivity contribution is 6.06. The first-order valence-corrected chi connectivity index (χ1v) is 11.4. The van der Waals surface area contributed by atoms with Crippen LogP contribution in [0.4, 0.5) is 17.1 Å². The number of nitrogens with zero attached hydrogens (tertiary/aromatic N) is 1. The van der Waals surface area contributed by atoms with E-state index in [-0.39, 0.29) is 24.5 Å². The fraction of sp³-hybridized carbons (Fsp3) is 0.259. The largest absolute Gasteiger partial charge is 0.489 e. The summed E-state index contributed by atoms with van der Waals surface area (Å²) in [4.78, 5) is 27.0. The number of carbonyl (C=O) groups is 2.